The number of carboxylic acids is 1. The molecule has 2 N–H and O–H groups in total. The van der Waals surface area contributed by atoms with Crippen molar-refractivity contribution < 1.29 is 14.7 Å². The molecule has 0 aromatic carbocycles. The molecule has 2 heterocycles. The van der Waals surface area contributed by atoms with Gasteiger partial charge in [-0.3, -0.25) is 9.20 Å². The molecule has 0 aliphatic heterocycles. The van der Waals surface area contributed by atoms with Crippen LogP contribution in [0.4, 0.5) is 0 Å². The van der Waals surface area contributed by atoms with Crippen molar-refractivity contribution in [2.45, 2.75) is 39.2 Å². The fraction of sp³-hybridized carbons (Fsp3) is 0.462. The number of fused-ring (bicyclic) bond motifs is 1. The smallest absolute Gasteiger partial charge is 0.326 e. The van der Waals surface area contributed by atoms with Gasteiger partial charge in [-0.2, -0.15) is 0 Å². The summed E-state index contributed by atoms with van der Waals surface area (Å²) in [6.07, 6.45) is 3.17. The molecule has 2 rings (SSSR count). The molecule has 0 aliphatic carbocycles. The molecular weight excluding hydrogens is 278 g/mol. The Morgan fingerprint density at radius 3 is 2.95 bits per heavy atom. The van der Waals surface area contributed by atoms with Crippen LogP contribution in [0, 0.1) is 6.92 Å². The zero-order valence-electron chi connectivity index (χ0n) is 11.4. The SMILES string of the molecule is CCCC(NC(=O)Cc1csc2nc(C)cn12)C(=O)O. The minimum Gasteiger partial charge on any atom is -0.480 e. The molecule has 0 bridgehead atoms. The summed E-state index contributed by atoms with van der Waals surface area (Å²) >= 11 is 1.47. The number of thiazole rings is 1. The van der Waals surface area contributed by atoms with Crippen LogP contribution in [0.3, 0.4) is 0 Å². The molecule has 0 fully saturated rings. The molecule has 1 unspecified atom stereocenters. The van der Waals surface area contributed by atoms with Gasteiger partial charge in [0.25, 0.3) is 0 Å². The number of carbonyl (C=O) groups is 2. The highest BCUT2D eigenvalue weighted by Gasteiger charge is 2.19. The summed E-state index contributed by atoms with van der Waals surface area (Å²) in [5, 5.41) is 13.5. The van der Waals surface area contributed by atoms with E-state index in [0.717, 1.165) is 16.3 Å². The van der Waals surface area contributed by atoms with Gasteiger partial charge in [0.2, 0.25) is 5.91 Å². The lowest BCUT2D eigenvalue weighted by Gasteiger charge is -2.13. The number of nitrogens with zero attached hydrogens (tertiary/aromatic N) is 2. The number of amides is 1. The number of hydrogen-bond acceptors (Lipinski definition) is 4. The van der Waals surface area contributed by atoms with Crippen molar-refractivity contribution in [2.24, 2.45) is 0 Å². The third kappa shape index (κ3) is 3.16. The van der Waals surface area contributed by atoms with Gasteiger partial charge in [-0.25, -0.2) is 9.78 Å². The van der Waals surface area contributed by atoms with Gasteiger partial charge in [-0.05, 0) is 13.3 Å². The van der Waals surface area contributed by atoms with Crippen molar-refractivity contribution >= 4 is 28.2 Å². The lowest BCUT2D eigenvalue weighted by atomic mass is 10.1. The first-order valence-corrected chi connectivity index (χ1v) is 7.33. The molecule has 1 amide bonds. The third-order valence-corrected chi connectivity index (χ3v) is 3.84. The largest absolute Gasteiger partial charge is 0.480 e. The molecule has 2 aromatic rings. The Bertz CT molecular complexity index is 632. The molecule has 2 aromatic heterocycles. The molecule has 0 saturated heterocycles. The van der Waals surface area contributed by atoms with Crippen LogP contribution in [-0.4, -0.2) is 32.4 Å². The highest BCUT2D eigenvalue weighted by atomic mass is 32.1. The van der Waals surface area contributed by atoms with Gasteiger partial charge >= 0.3 is 5.97 Å². The maximum Gasteiger partial charge on any atom is 0.326 e. The third-order valence-electron chi connectivity index (χ3n) is 2.96. The van der Waals surface area contributed by atoms with Crippen molar-refractivity contribution in [1.29, 1.82) is 0 Å². The summed E-state index contributed by atoms with van der Waals surface area (Å²) in [6.45, 7) is 3.78. The predicted octanol–water partition coefficient (Wildman–Crippen LogP) is 1.62. The normalized spacial score (nSPS) is 12.5. The predicted molar refractivity (Wildman–Crippen MR) is 76.0 cm³/mol. The summed E-state index contributed by atoms with van der Waals surface area (Å²) in [4.78, 5) is 28.1. The minimum atomic E-state index is -0.992. The topological polar surface area (TPSA) is 83.7 Å². The van der Waals surface area contributed by atoms with E-state index in [1.807, 2.05) is 29.8 Å². The maximum absolute atomic E-state index is 11.9. The van der Waals surface area contributed by atoms with E-state index in [1.54, 1.807) is 0 Å². The van der Waals surface area contributed by atoms with E-state index in [-0.39, 0.29) is 12.3 Å². The molecule has 6 nitrogen and oxygen atoms in total. The first-order valence-electron chi connectivity index (χ1n) is 6.45. The van der Waals surface area contributed by atoms with Crippen molar-refractivity contribution in [3.05, 3.63) is 23.0 Å². The van der Waals surface area contributed by atoms with Crippen LogP contribution in [0.5, 0.6) is 0 Å². The van der Waals surface area contributed by atoms with Crippen LogP contribution in [0.15, 0.2) is 11.6 Å². The fourth-order valence-electron chi connectivity index (χ4n) is 2.02. The van der Waals surface area contributed by atoms with E-state index < -0.39 is 12.0 Å². The van der Waals surface area contributed by atoms with E-state index >= 15 is 0 Å². The van der Waals surface area contributed by atoms with Crippen molar-refractivity contribution in [3.8, 4) is 0 Å². The van der Waals surface area contributed by atoms with Crippen LogP contribution >= 0.6 is 11.3 Å². The number of aromatic nitrogens is 2. The van der Waals surface area contributed by atoms with Crippen LogP contribution < -0.4 is 5.32 Å². The molecule has 20 heavy (non-hydrogen) atoms. The molecule has 108 valence electrons. The van der Waals surface area contributed by atoms with E-state index in [0.29, 0.717) is 12.8 Å². The summed E-state index contributed by atoms with van der Waals surface area (Å²) < 4.78 is 1.87. The van der Waals surface area contributed by atoms with Crippen molar-refractivity contribution in [3.63, 3.8) is 0 Å². The van der Waals surface area contributed by atoms with Crippen LogP contribution in [0.1, 0.15) is 31.2 Å². The van der Waals surface area contributed by atoms with Gasteiger partial charge < -0.3 is 10.4 Å². The zero-order valence-corrected chi connectivity index (χ0v) is 12.2. The van der Waals surface area contributed by atoms with E-state index in [2.05, 4.69) is 10.3 Å². The fourth-order valence-corrected chi connectivity index (χ4v) is 2.94. The van der Waals surface area contributed by atoms with E-state index in [9.17, 15) is 9.59 Å². The number of hydrogen-bond donors (Lipinski definition) is 2. The first-order chi connectivity index (χ1) is 9.51. The maximum atomic E-state index is 11.9. The standard InChI is InChI=1S/C13H17N3O3S/c1-3-4-10(12(18)19)15-11(17)5-9-7-20-13-14-8(2)6-16(9)13/h6-7,10H,3-5H2,1-2H3,(H,15,17)(H,18,19). The summed E-state index contributed by atoms with van der Waals surface area (Å²) in [6, 6.07) is -0.814. The van der Waals surface area contributed by atoms with Gasteiger partial charge in [0.1, 0.15) is 6.04 Å². The second-order valence-electron chi connectivity index (χ2n) is 4.69. The average Bonchev–Trinajstić information content (AvgIpc) is 2.89. The van der Waals surface area contributed by atoms with E-state index in [4.69, 9.17) is 5.11 Å². The molecule has 0 spiro atoms. The number of carboxylic acid groups (broad SMARTS) is 1. The molecule has 0 saturated carbocycles. The number of rotatable bonds is 6. The van der Waals surface area contributed by atoms with Crippen molar-refractivity contribution in [2.75, 3.05) is 0 Å². The van der Waals surface area contributed by atoms with Gasteiger partial charge in [-0.1, -0.05) is 13.3 Å². The molecular formula is C13H17N3O3S. The first kappa shape index (κ1) is 14.5. The Kier molecular flexibility index (Phi) is 4.39. The van der Waals surface area contributed by atoms with E-state index in [1.165, 1.54) is 11.3 Å². The minimum absolute atomic E-state index is 0.156. The summed E-state index contributed by atoms with van der Waals surface area (Å²) in [5.41, 5.74) is 1.72. The highest BCUT2D eigenvalue weighted by Crippen LogP contribution is 2.16. The lowest BCUT2D eigenvalue weighted by Crippen LogP contribution is -2.41. The summed E-state index contributed by atoms with van der Waals surface area (Å²) in [7, 11) is 0. The highest BCUT2D eigenvalue weighted by molar-refractivity contribution is 7.15. The van der Waals surface area contributed by atoms with Crippen LogP contribution in [0.25, 0.3) is 4.96 Å². The van der Waals surface area contributed by atoms with Crippen LogP contribution in [-0.2, 0) is 16.0 Å². The number of imidazole rings is 1. The number of aliphatic carboxylic acids is 1. The Labute approximate surface area is 120 Å². The Balaban J connectivity index is 2.05. The molecule has 0 radical (unpaired) electrons. The molecule has 7 heteroatoms. The Hall–Kier alpha value is -1.89. The number of aryl methyl sites for hydroxylation is 1. The zero-order chi connectivity index (χ0) is 14.7. The van der Waals surface area contributed by atoms with Gasteiger partial charge in [-0.15, -0.1) is 11.3 Å². The molecule has 1 atom stereocenters. The monoisotopic (exact) mass is 295 g/mol. The summed E-state index contributed by atoms with van der Waals surface area (Å²) in [5.74, 6) is -1.27. The Morgan fingerprint density at radius 2 is 2.30 bits per heavy atom. The van der Waals surface area contributed by atoms with Crippen molar-refractivity contribution in [1.82, 2.24) is 14.7 Å². The van der Waals surface area contributed by atoms with Gasteiger partial charge in [0, 0.05) is 17.3 Å². The quantitative estimate of drug-likeness (QED) is 0.848. The Morgan fingerprint density at radius 1 is 1.55 bits per heavy atom. The van der Waals surface area contributed by atoms with Crippen LogP contribution in [0.2, 0.25) is 0 Å². The van der Waals surface area contributed by atoms with Gasteiger partial charge in [0.05, 0.1) is 12.1 Å². The molecule has 0 aliphatic rings. The average molecular weight is 295 g/mol. The second kappa shape index (κ2) is 6.04. The number of nitrogens with one attached hydrogen (secondary N) is 1. The lowest BCUT2D eigenvalue weighted by molar-refractivity contribution is -0.141. The number of carbonyl (C=O) groups excluding carboxylic acids is 1. The van der Waals surface area contributed by atoms with Gasteiger partial charge in [0.15, 0.2) is 4.96 Å². The second-order valence-corrected chi connectivity index (χ2v) is 5.52.